The lowest BCUT2D eigenvalue weighted by Gasteiger charge is -2.18. The molecule has 0 aliphatic rings. The average Bonchev–Trinajstić information content (AvgIpc) is 2.78. The number of halogens is 1. The summed E-state index contributed by atoms with van der Waals surface area (Å²) >= 11 is 3.50. The van der Waals surface area contributed by atoms with Gasteiger partial charge in [-0.3, -0.25) is 9.67 Å². The number of guanidine groups is 1. The molecule has 1 aromatic carbocycles. The second-order valence-electron chi connectivity index (χ2n) is 6.08. The molecule has 2 N–H and O–H groups in total. The molecule has 0 amide bonds. The van der Waals surface area contributed by atoms with Gasteiger partial charge >= 0.3 is 0 Å². The second-order valence-corrected chi connectivity index (χ2v) is 6.99. The lowest BCUT2D eigenvalue weighted by atomic mass is 10.1. The Morgan fingerprint density at radius 3 is 2.71 bits per heavy atom. The number of nitrogens with one attached hydrogen (secondary N) is 2. The Hall–Kier alpha value is -1.82. The van der Waals surface area contributed by atoms with Crippen LogP contribution in [0.2, 0.25) is 0 Å². The lowest BCUT2D eigenvalue weighted by Crippen LogP contribution is -2.42. The molecule has 2 aromatic rings. The third-order valence-corrected chi connectivity index (χ3v) is 4.62. The van der Waals surface area contributed by atoms with Crippen molar-refractivity contribution in [1.82, 2.24) is 20.4 Å². The summed E-state index contributed by atoms with van der Waals surface area (Å²) in [7, 11) is 3.78. The minimum absolute atomic E-state index is 0.264. The average molecular weight is 392 g/mol. The Bertz CT molecular complexity index is 720. The first-order chi connectivity index (χ1) is 11.4. The SMILES string of the molecule is CN=C(NCc1cccc(Br)c1)NC(C)Cc1c(C)nn(C)c1C. The molecule has 1 unspecified atom stereocenters. The van der Waals surface area contributed by atoms with E-state index in [1.807, 2.05) is 23.9 Å². The van der Waals surface area contributed by atoms with Gasteiger partial charge in [0.2, 0.25) is 0 Å². The van der Waals surface area contributed by atoms with Crippen molar-refractivity contribution in [3.8, 4) is 0 Å². The van der Waals surface area contributed by atoms with Crippen molar-refractivity contribution in [1.29, 1.82) is 0 Å². The van der Waals surface area contributed by atoms with Crippen LogP contribution in [0, 0.1) is 13.8 Å². The Balaban J connectivity index is 1.92. The van der Waals surface area contributed by atoms with Crippen LogP contribution >= 0.6 is 15.9 Å². The predicted octanol–water partition coefficient (Wildman–Crippen LogP) is 3.10. The number of hydrogen-bond donors (Lipinski definition) is 2. The van der Waals surface area contributed by atoms with Crippen molar-refractivity contribution in [2.75, 3.05) is 7.05 Å². The molecular weight excluding hydrogens is 366 g/mol. The molecule has 2 rings (SSSR count). The minimum Gasteiger partial charge on any atom is -0.354 e. The van der Waals surface area contributed by atoms with E-state index in [9.17, 15) is 0 Å². The van der Waals surface area contributed by atoms with E-state index in [4.69, 9.17) is 0 Å². The van der Waals surface area contributed by atoms with Crippen molar-refractivity contribution < 1.29 is 0 Å². The van der Waals surface area contributed by atoms with Gasteiger partial charge in [-0.05, 0) is 50.5 Å². The van der Waals surface area contributed by atoms with Crippen LogP contribution in [-0.4, -0.2) is 28.8 Å². The normalized spacial score (nSPS) is 13.0. The molecule has 0 saturated heterocycles. The van der Waals surface area contributed by atoms with Gasteiger partial charge in [0.15, 0.2) is 5.96 Å². The van der Waals surface area contributed by atoms with Crippen molar-refractivity contribution >= 4 is 21.9 Å². The Morgan fingerprint density at radius 2 is 2.12 bits per heavy atom. The lowest BCUT2D eigenvalue weighted by molar-refractivity contribution is 0.635. The summed E-state index contributed by atoms with van der Waals surface area (Å²) in [5.41, 5.74) is 4.83. The first-order valence-electron chi connectivity index (χ1n) is 8.11. The summed E-state index contributed by atoms with van der Waals surface area (Å²) in [5, 5.41) is 11.3. The zero-order valence-corrected chi connectivity index (χ0v) is 16.6. The van der Waals surface area contributed by atoms with Gasteiger partial charge in [-0.25, -0.2) is 0 Å². The number of aryl methyl sites for hydroxylation is 2. The summed E-state index contributed by atoms with van der Waals surface area (Å²) in [5.74, 6) is 0.807. The summed E-state index contributed by atoms with van der Waals surface area (Å²) in [4.78, 5) is 4.32. The number of aromatic nitrogens is 2. The first kappa shape index (κ1) is 18.5. The standard InChI is InChI=1S/C18H26BrN5/c1-12(9-17-13(2)23-24(5)14(17)3)22-18(20-4)21-11-15-7-6-8-16(19)10-15/h6-8,10,12H,9,11H2,1-5H3,(H2,20,21,22). The zero-order chi connectivity index (χ0) is 17.7. The smallest absolute Gasteiger partial charge is 0.191 e. The highest BCUT2D eigenvalue weighted by Gasteiger charge is 2.13. The second kappa shape index (κ2) is 8.33. The van der Waals surface area contributed by atoms with Gasteiger partial charge in [0.25, 0.3) is 0 Å². The van der Waals surface area contributed by atoms with Crippen LogP contribution in [0.3, 0.4) is 0 Å². The van der Waals surface area contributed by atoms with Crippen LogP contribution in [0.5, 0.6) is 0 Å². The molecule has 1 heterocycles. The van der Waals surface area contributed by atoms with E-state index in [0.717, 1.165) is 29.1 Å². The monoisotopic (exact) mass is 391 g/mol. The van der Waals surface area contributed by atoms with E-state index in [0.29, 0.717) is 0 Å². The molecule has 1 aromatic heterocycles. The van der Waals surface area contributed by atoms with Gasteiger partial charge in [0.05, 0.1) is 5.69 Å². The fourth-order valence-electron chi connectivity index (χ4n) is 2.73. The summed E-state index contributed by atoms with van der Waals surface area (Å²) in [6.45, 7) is 7.08. The van der Waals surface area contributed by atoms with Crippen LogP contribution in [0.1, 0.15) is 29.4 Å². The van der Waals surface area contributed by atoms with Crippen molar-refractivity contribution in [3.63, 3.8) is 0 Å². The Morgan fingerprint density at radius 1 is 1.38 bits per heavy atom. The Labute approximate surface area is 152 Å². The maximum absolute atomic E-state index is 4.49. The first-order valence-corrected chi connectivity index (χ1v) is 8.90. The number of hydrogen-bond acceptors (Lipinski definition) is 2. The number of aliphatic imine (C=N–C) groups is 1. The van der Waals surface area contributed by atoms with Gasteiger partial charge in [-0.15, -0.1) is 0 Å². The zero-order valence-electron chi connectivity index (χ0n) is 15.0. The summed E-state index contributed by atoms with van der Waals surface area (Å²) in [6.07, 6.45) is 0.920. The molecule has 0 saturated carbocycles. The van der Waals surface area contributed by atoms with E-state index in [1.54, 1.807) is 7.05 Å². The Kier molecular flexibility index (Phi) is 6.43. The van der Waals surface area contributed by atoms with E-state index < -0.39 is 0 Å². The molecule has 6 heteroatoms. The van der Waals surface area contributed by atoms with Crippen molar-refractivity contribution in [3.05, 3.63) is 51.3 Å². The maximum Gasteiger partial charge on any atom is 0.191 e. The molecule has 0 aliphatic carbocycles. The van der Waals surface area contributed by atoms with Crippen molar-refractivity contribution in [2.24, 2.45) is 12.0 Å². The predicted molar refractivity (Wildman–Crippen MR) is 103 cm³/mol. The molecule has 24 heavy (non-hydrogen) atoms. The fourth-order valence-corrected chi connectivity index (χ4v) is 3.18. The van der Waals surface area contributed by atoms with Crippen LogP contribution in [0.25, 0.3) is 0 Å². The number of nitrogens with zero attached hydrogens (tertiary/aromatic N) is 3. The molecule has 0 bridgehead atoms. The van der Waals surface area contributed by atoms with Gasteiger partial charge < -0.3 is 10.6 Å². The third kappa shape index (κ3) is 4.84. The highest BCUT2D eigenvalue weighted by atomic mass is 79.9. The quantitative estimate of drug-likeness (QED) is 0.608. The molecule has 0 aliphatic heterocycles. The van der Waals surface area contributed by atoms with Gasteiger partial charge in [-0.1, -0.05) is 28.1 Å². The van der Waals surface area contributed by atoms with Crippen molar-refractivity contribution in [2.45, 2.75) is 39.8 Å². The van der Waals surface area contributed by atoms with E-state index in [-0.39, 0.29) is 6.04 Å². The van der Waals surface area contributed by atoms with Crippen LogP contribution in [0.15, 0.2) is 33.7 Å². The van der Waals surface area contributed by atoms with E-state index in [1.165, 1.54) is 16.8 Å². The number of benzene rings is 1. The molecule has 5 nitrogen and oxygen atoms in total. The molecule has 1 atom stereocenters. The van der Waals surface area contributed by atoms with E-state index in [2.05, 4.69) is 69.6 Å². The highest BCUT2D eigenvalue weighted by molar-refractivity contribution is 9.10. The molecule has 0 radical (unpaired) electrons. The third-order valence-electron chi connectivity index (χ3n) is 4.12. The summed E-state index contributed by atoms with van der Waals surface area (Å²) in [6, 6.07) is 8.52. The van der Waals surface area contributed by atoms with E-state index >= 15 is 0 Å². The fraction of sp³-hybridized carbons (Fsp3) is 0.444. The van der Waals surface area contributed by atoms with Crippen LogP contribution < -0.4 is 10.6 Å². The minimum atomic E-state index is 0.264. The number of rotatable bonds is 5. The van der Waals surface area contributed by atoms with Gasteiger partial charge in [0.1, 0.15) is 0 Å². The highest BCUT2D eigenvalue weighted by Crippen LogP contribution is 2.14. The molecule has 0 fully saturated rings. The maximum atomic E-state index is 4.49. The topological polar surface area (TPSA) is 54.2 Å². The molecule has 0 spiro atoms. The van der Waals surface area contributed by atoms with Crippen LogP contribution in [0.4, 0.5) is 0 Å². The van der Waals surface area contributed by atoms with Gasteiger partial charge in [-0.2, -0.15) is 5.10 Å². The summed E-state index contributed by atoms with van der Waals surface area (Å²) < 4.78 is 3.03. The molecule has 130 valence electrons. The van der Waals surface area contributed by atoms with Crippen LogP contribution in [-0.2, 0) is 20.0 Å². The molecular formula is C18H26BrN5. The largest absolute Gasteiger partial charge is 0.354 e. The van der Waals surface area contributed by atoms with Gasteiger partial charge in [0, 0.05) is 36.8 Å².